The molecule has 2 heterocycles. The predicted molar refractivity (Wildman–Crippen MR) is 84.6 cm³/mol. The van der Waals surface area contributed by atoms with E-state index in [4.69, 9.17) is 11.6 Å². The van der Waals surface area contributed by atoms with Gasteiger partial charge in [0.25, 0.3) is 5.91 Å². The van der Waals surface area contributed by atoms with Gasteiger partial charge < -0.3 is 4.90 Å². The first-order chi connectivity index (χ1) is 10.2. The van der Waals surface area contributed by atoms with Crippen molar-refractivity contribution in [2.75, 3.05) is 6.54 Å². The molecule has 1 unspecified atom stereocenters. The lowest BCUT2D eigenvalue weighted by Gasteiger charge is -2.29. The van der Waals surface area contributed by atoms with Crippen molar-refractivity contribution in [3.63, 3.8) is 0 Å². The summed E-state index contributed by atoms with van der Waals surface area (Å²) in [4.78, 5) is 19.2. The Kier molecular flexibility index (Phi) is 4.48. The average molecular weight is 307 g/mol. The van der Waals surface area contributed by atoms with Gasteiger partial charge in [0.2, 0.25) is 0 Å². The van der Waals surface area contributed by atoms with Crippen LogP contribution in [0.4, 0.5) is 0 Å². The number of nitrogens with zero attached hydrogens (tertiary/aromatic N) is 2. The number of pyridine rings is 1. The third-order valence-corrected chi connectivity index (χ3v) is 5.15. The molecular formula is C17H23ClN2O. The summed E-state index contributed by atoms with van der Waals surface area (Å²) in [6.07, 6.45) is 8.31. The van der Waals surface area contributed by atoms with Gasteiger partial charge in [-0.3, -0.25) is 4.79 Å². The third kappa shape index (κ3) is 3.08. The quantitative estimate of drug-likeness (QED) is 0.788. The van der Waals surface area contributed by atoms with Gasteiger partial charge in [-0.15, -0.1) is 0 Å². The van der Waals surface area contributed by atoms with Crippen LogP contribution in [-0.2, 0) is 6.42 Å². The summed E-state index contributed by atoms with van der Waals surface area (Å²) < 4.78 is 0. The highest BCUT2D eigenvalue weighted by molar-refractivity contribution is 6.29. The maximum Gasteiger partial charge on any atom is 0.254 e. The minimum atomic E-state index is 0.142. The van der Waals surface area contributed by atoms with Crippen molar-refractivity contribution in [1.82, 2.24) is 9.88 Å². The minimum Gasteiger partial charge on any atom is -0.335 e. The molecule has 0 aromatic carbocycles. The van der Waals surface area contributed by atoms with Crippen molar-refractivity contribution in [3.05, 3.63) is 28.5 Å². The third-order valence-electron chi connectivity index (χ3n) is 4.96. The lowest BCUT2D eigenvalue weighted by Crippen LogP contribution is -2.39. The van der Waals surface area contributed by atoms with Crippen LogP contribution in [0.2, 0.25) is 5.15 Å². The molecule has 2 aliphatic rings. The summed E-state index contributed by atoms with van der Waals surface area (Å²) >= 11 is 6.06. The monoisotopic (exact) mass is 306 g/mol. The van der Waals surface area contributed by atoms with Gasteiger partial charge in [0.1, 0.15) is 5.15 Å². The molecule has 21 heavy (non-hydrogen) atoms. The van der Waals surface area contributed by atoms with Gasteiger partial charge in [-0.2, -0.15) is 0 Å². The number of amides is 1. The van der Waals surface area contributed by atoms with Crippen molar-refractivity contribution < 1.29 is 4.79 Å². The number of hydrogen-bond donors (Lipinski definition) is 0. The zero-order valence-corrected chi connectivity index (χ0v) is 13.4. The van der Waals surface area contributed by atoms with Crippen LogP contribution in [0.3, 0.4) is 0 Å². The van der Waals surface area contributed by atoms with Crippen LogP contribution in [-0.4, -0.2) is 28.4 Å². The highest BCUT2D eigenvalue weighted by Gasteiger charge is 2.36. The normalized spacial score (nSPS) is 23.0. The predicted octanol–water partition coefficient (Wildman–Crippen LogP) is 4.09. The lowest BCUT2D eigenvalue weighted by atomic mass is 9.95. The molecular weight excluding hydrogens is 284 g/mol. The molecule has 4 heteroatoms. The van der Waals surface area contributed by atoms with Crippen molar-refractivity contribution in [2.45, 2.75) is 57.9 Å². The standard InChI is InChI=1S/C17H23ClN2O/c1-2-14-10-13(11-16(18)19-14)17(21)20-9-5-8-15(20)12-6-3-4-7-12/h10-12,15H,2-9H2,1H3. The molecule has 1 aromatic heterocycles. The maximum atomic E-state index is 12.9. The Bertz CT molecular complexity index is 526. The molecule has 0 N–H and O–H groups in total. The number of halogens is 1. The van der Waals surface area contributed by atoms with E-state index in [1.165, 1.54) is 25.7 Å². The molecule has 1 aliphatic carbocycles. The molecule has 0 radical (unpaired) electrons. The molecule has 3 rings (SSSR count). The van der Waals surface area contributed by atoms with Crippen molar-refractivity contribution in [1.29, 1.82) is 0 Å². The van der Waals surface area contributed by atoms with Crippen LogP contribution < -0.4 is 0 Å². The van der Waals surface area contributed by atoms with Gasteiger partial charge in [-0.25, -0.2) is 4.98 Å². The summed E-state index contributed by atoms with van der Waals surface area (Å²) in [7, 11) is 0. The Labute approximate surface area is 131 Å². The minimum absolute atomic E-state index is 0.142. The van der Waals surface area contributed by atoms with Gasteiger partial charge in [0, 0.05) is 23.8 Å². The zero-order valence-electron chi connectivity index (χ0n) is 12.6. The first-order valence-corrected chi connectivity index (χ1v) is 8.54. The highest BCUT2D eigenvalue weighted by Crippen LogP contribution is 2.36. The Morgan fingerprint density at radius 3 is 2.76 bits per heavy atom. The van der Waals surface area contributed by atoms with Crippen LogP contribution in [0, 0.1) is 5.92 Å². The van der Waals surface area contributed by atoms with Crippen molar-refractivity contribution in [2.24, 2.45) is 5.92 Å². The number of hydrogen-bond acceptors (Lipinski definition) is 2. The molecule has 114 valence electrons. The van der Waals surface area contributed by atoms with E-state index < -0.39 is 0 Å². The Balaban J connectivity index is 1.81. The molecule has 1 amide bonds. The van der Waals surface area contributed by atoms with Crippen molar-refractivity contribution >= 4 is 17.5 Å². The summed E-state index contributed by atoms with van der Waals surface area (Å²) in [6, 6.07) is 4.06. The van der Waals surface area contributed by atoms with Gasteiger partial charge in [-0.05, 0) is 50.2 Å². The Hall–Kier alpha value is -1.09. The van der Waals surface area contributed by atoms with E-state index in [0.29, 0.717) is 22.7 Å². The molecule has 1 aliphatic heterocycles. The number of likely N-dealkylation sites (tertiary alicyclic amines) is 1. The Morgan fingerprint density at radius 1 is 1.29 bits per heavy atom. The van der Waals surface area contributed by atoms with Crippen LogP contribution >= 0.6 is 11.6 Å². The number of rotatable bonds is 3. The average Bonchev–Trinajstić information content (AvgIpc) is 3.16. The SMILES string of the molecule is CCc1cc(C(=O)N2CCCC2C2CCCC2)cc(Cl)n1. The maximum absolute atomic E-state index is 12.9. The van der Waals surface area contributed by atoms with Gasteiger partial charge in [0.15, 0.2) is 0 Å². The summed E-state index contributed by atoms with van der Waals surface area (Å²) in [6.45, 7) is 2.92. The van der Waals surface area contributed by atoms with Crippen LogP contribution in [0.25, 0.3) is 0 Å². The van der Waals surface area contributed by atoms with Gasteiger partial charge in [-0.1, -0.05) is 31.4 Å². The second kappa shape index (κ2) is 6.35. The van der Waals surface area contributed by atoms with E-state index in [1.807, 2.05) is 13.0 Å². The molecule has 1 saturated heterocycles. The van der Waals surface area contributed by atoms with E-state index in [-0.39, 0.29) is 5.91 Å². The fourth-order valence-electron chi connectivity index (χ4n) is 3.90. The molecule has 2 fully saturated rings. The van der Waals surface area contributed by atoms with Crippen LogP contribution in [0.1, 0.15) is 61.5 Å². The molecule has 0 bridgehead atoms. The zero-order chi connectivity index (χ0) is 14.8. The smallest absolute Gasteiger partial charge is 0.254 e. The van der Waals surface area contributed by atoms with Gasteiger partial charge >= 0.3 is 0 Å². The summed E-state index contributed by atoms with van der Waals surface area (Å²) in [5, 5.41) is 0.425. The fourth-order valence-corrected chi connectivity index (χ4v) is 4.12. The summed E-state index contributed by atoms with van der Waals surface area (Å²) in [5.74, 6) is 0.850. The molecule has 1 aromatic rings. The largest absolute Gasteiger partial charge is 0.335 e. The molecule has 1 saturated carbocycles. The van der Waals surface area contributed by atoms with E-state index >= 15 is 0 Å². The number of aromatic nitrogens is 1. The van der Waals surface area contributed by atoms with Crippen LogP contribution in [0.5, 0.6) is 0 Å². The number of carbonyl (C=O) groups excluding carboxylic acids is 1. The van der Waals surface area contributed by atoms with Gasteiger partial charge in [0.05, 0.1) is 0 Å². The first-order valence-electron chi connectivity index (χ1n) is 8.16. The van der Waals surface area contributed by atoms with Crippen LogP contribution in [0.15, 0.2) is 12.1 Å². The number of aryl methyl sites for hydroxylation is 1. The Morgan fingerprint density at radius 2 is 2.05 bits per heavy atom. The fraction of sp³-hybridized carbons (Fsp3) is 0.647. The van der Waals surface area contributed by atoms with Crippen molar-refractivity contribution in [3.8, 4) is 0 Å². The summed E-state index contributed by atoms with van der Waals surface area (Å²) in [5.41, 5.74) is 1.60. The molecule has 3 nitrogen and oxygen atoms in total. The lowest BCUT2D eigenvalue weighted by molar-refractivity contribution is 0.0689. The van der Waals surface area contributed by atoms with E-state index in [1.54, 1.807) is 6.07 Å². The first kappa shape index (κ1) is 14.8. The second-order valence-electron chi connectivity index (χ2n) is 6.28. The molecule has 1 atom stereocenters. The highest BCUT2D eigenvalue weighted by atomic mass is 35.5. The van der Waals surface area contributed by atoms with E-state index in [0.717, 1.165) is 31.5 Å². The van der Waals surface area contributed by atoms with E-state index in [2.05, 4.69) is 9.88 Å². The topological polar surface area (TPSA) is 33.2 Å². The second-order valence-corrected chi connectivity index (χ2v) is 6.66. The molecule has 0 spiro atoms. The van der Waals surface area contributed by atoms with E-state index in [9.17, 15) is 4.79 Å². The number of carbonyl (C=O) groups is 1.